The van der Waals surface area contributed by atoms with E-state index in [1.165, 1.54) is 4.90 Å². The predicted octanol–water partition coefficient (Wildman–Crippen LogP) is 0.606. The second-order valence-corrected chi connectivity index (χ2v) is 5.55. The number of rotatable bonds is 3. The van der Waals surface area contributed by atoms with Crippen molar-refractivity contribution in [3.8, 4) is 0 Å². The Morgan fingerprint density at radius 1 is 1.33 bits per heavy atom. The molecule has 1 aliphatic heterocycles. The first kappa shape index (κ1) is 14.8. The first-order valence-electron chi connectivity index (χ1n) is 6.16. The number of nitrogens with zero attached hydrogens (tertiary/aromatic N) is 2. The van der Waals surface area contributed by atoms with Gasteiger partial charge in [0.1, 0.15) is 0 Å². The summed E-state index contributed by atoms with van der Waals surface area (Å²) in [6.45, 7) is 4.48. The maximum absolute atomic E-state index is 12.0. The van der Waals surface area contributed by atoms with Crippen molar-refractivity contribution >= 4 is 12.0 Å². The number of hydrogen-bond donors (Lipinski definition) is 2. The van der Waals surface area contributed by atoms with Crippen LogP contribution in [0, 0.1) is 5.92 Å². The fraction of sp³-hybridized carbons (Fsp3) is 0.833. The molecule has 0 aromatic carbocycles. The van der Waals surface area contributed by atoms with Crippen molar-refractivity contribution in [2.45, 2.75) is 32.3 Å². The number of piperidine rings is 1. The first-order valence-corrected chi connectivity index (χ1v) is 6.16. The summed E-state index contributed by atoms with van der Waals surface area (Å²) in [6, 6.07) is -0.152. The topological polar surface area (TPSA) is 81.1 Å². The summed E-state index contributed by atoms with van der Waals surface area (Å²) >= 11 is 0. The van der Waals surface area contributed by atoms with Gasteiger partial charge in [-0.15, -0.1) is 0 Å². The van der Waals surface area contributed by atoms with Crippen LogP contribution in [0.3, 0.4) is 0 Å². The van der Waals surface area contributed by atoms with Crippen LogP contribution >= 0.6 is 0 Å². The van der Waals surface area contributed by atoms with E-state index in [0.717, 1.165) is 0 Å². The van der Waals surface area contributed by atoms with Crippen LogP contribution in [0.1, 0.15) is 26.7 Å². The molecule has 2 amide bonds. The Labute approximate surface area is 107 Å². The van der Waals surface area contributed by atoms with E-state index in [9.17, 15) is 14.7 Å². The molecular formula is C12H22N2O4. The van der Waals surface area contributed by atoms with Gasteiger partial charge in [-0.3, -0.25) is 4.79 Å². The van der Waals surface area contributed by atoms with E-state index in [0.29, 0.717) is 25.9 Å². The molecule has 18 heavy (non-hydrogen) atoms. The minimum atomic E-state index is -0.927. The molecule has 0 saturated carbocycles. The van der Waals surface area contributed by atoms with Gasteiger partial charge >= 0.3 is 12.0 Å². The molecule has 0 aromatic heterocycles. The monoisotopic (exact) mass is 258 g/mol. The smallest absolute Gasteiger partial charge is 0.319 e. The normalized spacial score (nSPS) is 17.7. The number of carbonyl (C=O) groups excluding carboxylic acids is 1. The third-order valence-corrected chi connectivity index (χ3v) is 3.07. The van der Waals surface area contributed by atoms with Crippen LogP contribution < -0.4 is 0 Å². The third kappa shape index (κ3) is 4.18. The second kappa shape index (κ2) is 5.56. The van der Waals surface area contributed by atoms with Crippen LogP contribution in [-0.2, 0) is 4.79 Å². The zero-order valence-electron chi connectivity index (χ0n) is 11.2. The molecule has 1 saturated heterocycles. The van der Waals surface area contributed by atoms with Gasteiger partial charge in [0, 0.05) is 20.1 Å². The van der Waals surface area contributed by atoms with Crippen LogP contribution in [0.15, 0.2) is 0 Å². The Morgan fingerprint density at radius 3 is 2.22 bits per heavy atom. The van der Waals surface area contributed by atoms with Gasteiger partial charge in [-0.25, -0.2) is 4.79 Å². The Kier molecular flexibility index (Phi) is 4.56. The van der Waals surface area contributed by atoms with Gasteiger partial charge in [0.25, 0.3) is 0 Å². The lowest BCUT2D eigenvalue weighted by Gasteiger charge is -2.35. The zero-order valence-corrected chi connectivity index (χ0v) is 11.2. The third-order valence-electron chi connectivity index (χ3n) is 3.07. The Bertz CT molecular complexity index is 317. The quantitative estimate of drug-likeness (QED) is 0.777. The fourth-order valence-electron chi connectivity index (χ4n) is 2.21. The highest BCUT2D eigenvalue weighted by Gasteiger charge is 2.29. The van der Waals surface area contributed by atoms with E-state index >= 15 is 0 Å². The summed E-state index contributed by atoms with van der Waals surface area (Å²) in [4.78, 5) is 26.0. The van der Waals surface area contributed by atoms with Crippen LogP contribution in [0.5, 0.6) is 0 Å². The molecule has 1 rings (SSSR count). The van der Waals surface area contributed by atoms with E-state index in [1.54, 1.807) is 25.8 Å². The molecule has 0 bridgehead atoms. The lowest BCUT2D eigenvalue weighted by Crippen LogP contribution is -2.49. The van der Waals surface area contributed by atoms with Crippen LogP contribution in [0.4, 0.5) is 4.79 Å². The van der Waals surface area contributed by atoms with E-state index < -0.39 is 11.6 Å². The highest BCUT2D eigenvalue weighted by Crippen LogP contribution is 2.18. The Hall–Kier alpha value is -1.30. The van der Waals surface area contributed by atoms with Gasteiger partial charge in [0.2, 0.25) is 0 Å². The maximum Gasteiger partial charge on any atom is 0.319 e. The van der Waals surface area contributed by atoms with Crippen molar-refractivity contribution in [2.75, 3.05) is 26.7 Å². The van der Waals surface area contributed by atoms with Gasteiger partial charge in [-0.2, -0.15) is 0 Å². The average molecular weight is 258 g/mol. The number of hydrogen-bond acceptors (Lipinski definition) is 3. The summed E-state index contributed by atoms with van der Waals surface area (Å²) in [5.41, 5.74) is -0.927. The second-order valence-electron chi connectivity index (χ2n) is 5.55. The number of likely N-dealkylation sites (N-methyl/N-ethyl adjacent to an activating group) is 1. The lowest BCUT2D eigenvalue weighted by molar-refractivity contribution is -0.143. The number of urea groups is 1. The van der Waals surface area contributed by atoms with Gasteiger partial charge in [-0.1, -0.05) is 0 Å². The molecule has 6 nitrogen and oxygen atoms in total. The minimum Gasteiger partial charge on any atom is -0.481 e. The molecule has 1 heterocycles. The molecule has 0 aliphatic carbocycles. The molecule has 0 aromatic rings. The summed E-state index contributed by atoms with van der Waals surface area (Å²) in [7, 11) is 1.64. The van der Waals surface area contributed by atoms with Crippen molar-refractivity contribution in [1.29, 1.82) is 0 Å². The van der Waals surface area contributed by atoms with Gasteiger partial charge in [0.05, 0.1) is 18.1 Å². The summed E-state index contributed by atoms with van der Waals surface area (Å²) in [5, 5.41) is 18.5. The van der Waals surface area contributed by atoms with E-state index in [-0.39, 0.29) is 18.5 Å². The molecule has 1 aliphatic rings. The van der Waals surface area contributed by atoms with Gasteiger partial charge in [-0.05, 0) is 26.7 Å². The average Bonchev–Trinajstić information content (AvgIpc) is 2.26. The predicted molar refractivity (Wildman–Crippen MR) is 66.3 cm³/mol. The summed E-state index contributed by atoms with van der Waals surface area (Å²) in [6.07, 6.45) is 0.995. The summed E-state index contributed by atoms with van der Waals surface area (Å²) in [5.74, 6) is -1.12. The van der Waals surface area contributed by atoms with Crippen LogP contribution in [0.25, 0.3) is 0 Å². The van der Waals surface area contributed by atoms with Crippen molar-refractivity contribution in [2.24, 2.45) is 5.92 Å². The number of carbonyl (C=O) groups is 2. The van der Waals surface area contributed by atoms with E-state index in [2.05, 4.69) is 0 Å². The molecule has 0 radical (unpaired) electrons. The molecule has 2 N–H and O–H groups in total. The van der Waals surface area contributed by atoms with Crippen LogP contribution in [-0.4, -0.2) is 64.3 Å². The molecule has 0 unspecified atom stereocenters. The molecule has 104 valence electrons. The molecule has 6 heteroatoms. The first-order chi connectivity index (χ1) is 8.20. The molecular weight excluding hydrogens is 236 g/mol. The highest BCUT2D eigenvalue weighted by atomic mass is 16.4. The number of amides is 2. The van der Waals surface area contributed by atoms with Crippen molar-refractivity contribution in [3.63, 3.8) is 0 Å². The Balaban J connectivity index is 2.47. The number of carboxylic acid groups (broad SMARTS) is 1. The van der Waals surface area contributed by atoms with Crippen molar-refractivity contribution in [3.05, 3.63) is 0 Å². The largest absolute Gasteiger partial charge is 0.481 e. The lowest BCUT2D eigenvalue weighted by atomic mass is 9.97. The number of carboxylic acids is 1. The number of likely N-dealkylation sites (tertiary alicyclic amines) is 1. The fourth-order valence-corrected chi connectivity index (χ4v) is 2.21. The van der Waals surface area contributed by atoms with Crippen LogP contribution in [0.2, 0.25) is 0 Å². The molecule has 1 fully saturated rings. The maximum atomic E-state index is 12.0. The SMILES string of the molecule is CN(CC(C)(C)O)C(=O)N1CCC(C(=O)O)CC1. The number of aliphatic hydroxyl groups is 1. The van der Waals surface area contributed by atoms with Gasteiger partial charge in [0.15, 0.2) is 0 Å². The molecule has 0 spiro atoms. The highest BCUT2D eigenvalue weighted by molar-refractivity contribution is 5.75. The van der Waals surface area contributed by atoms with Crippen molar-refractivity contribution in [1.82, 2.24) is 9.80 Å². The van der Waals surface area contributed by atoms with E-state index in [4.69, 9.17) is 5.11 Å². The van der Waals surface area contributed by atoms with E-state index in [1.807, 2.05) is 0 Å². The zero-order chi connectivity index (χ0) is 13.9. The molecule has 0 atom stereocenters. The summed E-state index contributed by atoms with van der Waals surface area (Å²) < 4.78 is 0. The minimum absolute atomic E-state index is 0.152. The number of aliphatic carboxylic acids is 1. The standard InChI is InChI=1S/C12H22N2O4/c1-12(2,18)8-13(3)11(17)14-6-4-9(5-7-14)10(15)16/h9,18H,4-8H2,1-3H3,(H,15,16). The van der Waals surface area contributed by atoms with Gasteiger partial charge < -0.3 is 20.0 Å². The van der Waals surface area contributed by atoms with Crippen molar-refractivity contribution < 1.29 is 19.8 Å². The Morgan fingerprint density at radius 2 is 1.83 bits per heavy atom.